The summed E-state index contributed by atoms with van der Waals surface area (Å²) in [4.78, 5) is 11.8. The smallest absolute Gasteiger partial charge is 0.417 e. The fourth-order valence-electron chi connectivity index (χ4n) is 1.99. The number of hydrogen-bond donors (Lipinski definition) is 1. The fraction of sp³-hybridized carbons (Fsp3) is 0.923. The van der Waals surface area contributed by atoms with E-state index in [2.05, 4.69) is 9.47 Å². The predicted octanol–water partition coefficient (Wildman–Crippen LogP) is 3.82. The first-order valence-corrected chi connectivity index (χ1v) is 7.17. The second-order valence-corrected chi connectivity index (χ2v) is 6.48. The molecular formula is C13H14F10O4. The zero-order valence-electron chi connectivity index (χ0n) is 13.8. The molecule has 0 aromatic heterocycles. The van der Waals surface area contributed by atoms with Crippen molar-refractivity contribution in [2.75, 3.05) is 0 Å². The van der Waals surface area contributed by atoms with E-state index in [1.807, 2.05) is 0 Å². The van der Waals surface area contributed by atoms with Crippen LogP contribution in [-0.2, 0) is 14.3 Å². The van der Waals surface area contributed by atoms with Crippen LogP contribution in [0.15, 0.2) is 0 Å². The third kappa shape index (κ3) is 3.57. The molecule has 27 heavy (non-hydrogen) atoms. The summed E-state index contributed by atoms with van der Waals surface area (Å²) in [5.41, 5.74) is -1.92. The van der Waals surface area contributed by atoms with Crippen molar-refractivity contribution in [3.8, 4) is 0 Å². The second-order valence-electron chi connectivity index (χ2n) is 6.48. The number of esters is 1. The SMILES string of the molecule is CCC(C)(C)C(=O)OC1(C(F)(F)F)OC(C(F)(F)F)C(F)(F)C(O)C1(F)F. The van der Waals surface area contributed by atoms with Crippen molar-refractivity contribution in [2.24, 2.45) is 5.41 Å². The van der Waals surface area contributed by atoms with E-state index in [0.29, 0.717) is 0 Å². The van der Waals surface area contributed by atoms with Gasteiger partial charge in [0.15, 0.2) is 6.10 Å². The number of hydrogen-bond acceptors (Lipinski definition) is 4. The van der Waals surface area contributed by atoms with Crippen LogP contribution in [0.2, 0.25) is 0 Å². The van der Waals surface area contributed by atoms with Crippen LogP contribution in [0.4, 0.5) is 43.9 Å². The van der Waals surface area contributed by atoms with Crippen LogP contribution in [0.25, 0.3) is 0 Å². The lowest BCUT2D eigenvalue weighted by Gasteiger charge is -2.50. The first kappa shape index (κ1) is 23.7. The number of carbonyl (C=O) groups excluding carboxylic acids is 1. The molecule has 3 unspecified atom stereocenters. The number of aliphatic hydroxyl groups excluding tert-OH is 1. The molecule has 1 heterocycles. The highest BCUT2D eigenvalue weighted by Gasteiger charge is 2.87. The summed E-state index contributed by atoms with van der Waals surface area (Å²) in [6.45, 7) is 3.03. The quantitative estimate of drug-likeness (QED) is 0.553. The van der Waals surface area contributed by atoms with Crippen LogP contribution in [0, 0.1) is 5.41 Å². The average molecular weight is 424 g/mol. The van der Waals surface area contributed by atoms with E-state index in [4.69, 9.17) is 5.11 Å². The van der Waals surface area contributed by atoms with Gasteiger partial charge in [-0.05, 0) is 20.3 Å². The molecule has 1 aliphatic rings. The molecule has 1 rings (SSSR count). The molecule has 1 fully saturated rings. The van der Waals surface area contributed by atoms with Crippen molar-refractivity contribution >= 4 is 5.97 Å². The molecule has 0 spiro atoms. The van der Waals surface area contributed by atoms with Crippen LogP contribution in [0.3, 0.4) is 0 Å². The minimum absolute atomic E-state index is 0.313. The number of carbonyl (C=O) groups is 1. The van der Waals surface area contributed by atoms with E-state index in [1.165, 1.54) is 6.92 Å². The molecule has 160 valence electrons. The highest BCUT2D eigenvalue weighted by Crippen LogP contribution is 2.58. The molecule has 14 heteroatoms. The topological polar surface area (TPSA) is 55.8 Å². The van der Waals surface area contributed by atoms with Crippen molar-refractivity contribution < 1.29 is 63.3 Å². The Morgan fingerprint density at radius 1 is 1.07 bits per heavy atom. The molecule has 1 N–H and O–H groups in total. The van der Waals surface area contributed by atoms with Crippen molar-refractivity contribution in [1.82, 2.24) is 0 Å². The zero-order chi connectivity index (χ0) is 21.9. The average Bonchev–Trinajstić information content (AvgIpc) is 2.45. The van der Waals surface area contributed by atoms with Crippen LogP contribution in [0.5, 0.6) is 0 Å². The standard InChI is InChI=1S/C13H14F10O4/c1-4-8(2,3)7(25)27-12(13(21,22)23)10(16,17)5(24)9(14,15)6(26-12)11(18,19)20/h5-6,24H,4H2,1-3H3. The van der Waals surface area contributed by atoms with Gasteiger partial charge in [-0.2, -0.15) is 35.1 Å². The Bertz CT molecular complexity index is 583. The normalized spacial score (nSPS) is 31.5. The largest absolute Gasteiger partial charge is 0.462 e. The van der Waals surface area contributed by atoms with Gasteiger partial charge in [-0.25, -0.2) is 8.78 Å². The highest BCUT2D eigenvalue weighted by atomic mass is 19.4. The van der Waals surface area contributed by atoms with Gasteiger partial charge in [0.25, 0.3) is 0 Å². The first-order valence-electron chi connectivity index (χ1n) is 7.17. The van der Waals surface area contributed by atoms with E-state index < -0.39 is 53.6 Å². The lowest BCUT2D eigenvalue weighted by atomic mass is 9.87. The number of alkyl halides is 10. The molecule has 0 aliphatic carbocycles. The van der Waals surface area contributed by atoms with Crippen LogP contribution >= 0.6 is 0 Å². The summed E-state index contributed by atoms with van der Waals surface area (Å²) in [5, 5.41) is 9.00. The minimum Gasteiger partial charge on any atom is -0.417 e. The van der Waals surface area contributed by atoms with Gasteiger partial charge in [0.1, 0.15) is 0 Å². The Balaban J connectivity index is 3.68. The van der Waals surface area contributed by atoms with E-state index in [1.54, 1.807) is 0 Å². The summed E-state index contributed by atoms with van der Waals surface area (Å²) < 4.78 is 140. The predicted molar refractivity (Wildman–Crippen MR) is 65.8 cm³/mol. The third-order valence-corrected chi connectivity index (χ3v) is 4.12. The Hall–Kier alpha value is -1.31. The molecule has 0 aromatic carbocycles. The molecule has 0 bridgehead atoms. The van der Waals surface area contributed by atoms with E-state index in [0.717, 1.165) is 13.8 Å². The Morgan fingerprint density at radius 2 is 1.52 bits per heavy atom. The number of aliphatic hydroxyl groups is 1. The maximum atomic E-state index is 14.1. The summed E-state index contributed by atoms with van der Waals surface area (Å²) >= 11 is 0. The van der Waals surface area contributed by atoms with Gasteiger partial charge >= 0.3 is 36.0 Å². The third-order valence-electron chi connectivity index (χ3n) is 4.12. The zero-order valence-corrected chi connectivity index (χ0v) is 13.8. The minimum atomic E-state index is -6.61. The first-order chi connectivity index (χ1) is 11.7. The molecule has 0 saturated carbocycles. The van der Waals surface area contributed by atoms with Gasteiger partial charge in [-0.3, -0.25) is 4.79 Å². The monoisotopic (exact) mass is 424 g/mol. The summed E-state index contributed by atoms with van der Waals surface area (Å²) in [7, 11) is 0. The van der Waals surface area contributed by atoms with Crippen molar-refractivity contribution in [3.63, 3.8) is 0 Å². The molecule has 0 amide bonds. The maximum Gasteiger partial charge on any atom is 0.462 e. The van der Waals surface area contributed by atoms with Gasteiger partial charge in [0.2, 0.25) is 6.10 Å². The van der Waals surface area contributed by atoms with Gasteiger partial charge in [-0.1, -0.05) is 6.92 Å². The summed E-state index contributed by atoms with van der Waals surface area (Å²) in [5.74, 6) is -19.9. The maximum absolute atomic E-state index is 14.1. The molecule has 3 atom stereocenters. The second kappa shape index (κ2) is 6.36. The number of halogens is 10. The van der Waals surface area contributed by atoms with E-state index in [9.17, 15) is 48.7 Å². The fourth-order valence-corrected chi connectivity index (χ4v) is 1.99. The van der Waals surface area contributed by atoms with Gasteiger partial charge in [0.05, 0.1) is 5.41 Å². The lowest BCUT2D eigenvalue weighted by molar-refractivity contribution is -0.513. The Labute approximate surface area is 145 Å². The lowest BCUT2D eigenvalue weighted by Crippen LogP contribution is -2.78. The van der Waals surface area contributed by atoms with Gasteiger partial charge in [-0.15, -0.1) is 0 Å². The molecule has 1 aliphatic heterocycles. The van der Waals surface area contributed by atoms with Crippen molar-refractivity contribution in [3.05, 3.63) is 0 Å². The molecule has 0 radical (unpaired) electrons. The summed E-state index contributed by atoms with van der Waals surface area (Å²) in [6.07, 6.45) is -22.9. The van der Waals surface area contributed by atoms with E-state index in [-0.39, 0.29) is 6.42 Å². The van der Waals surface area contributed by atoms with Gasteiger partial charge < -0.3 is 14.6 Å². The number of rotatable bonds is 3. The molecule has 4 nitrogen and oxygen atoms in total. The van der Waals surface area contributed by atoms with E-state index >= 15 is 0 Å². The molecule has 1 saturated heterocycles. The van der Waals surface area contributed by atoms with Gasteiger partial charge in [0, 0.05) is 0 Å². The van der Waals surface area contributed by atoms with Crippen molar-refractivity contribution in [1.29, 1.82) is 0 Å². The molecule has 0 aromatic rings. The molecular weight excluding hydrogens is 410 g/mol. The van der Waals surface area contributed by atoms with Crippen molar-refractivity contribution in [2.45, 2.75) is 69.4 Å². The van der Waals surface area contributed by atoms with Crippen LogP contribution in [-0.4, -0.2) is 53.3 Å². The number of ether oxygens (including phenoxy) is 2. The highest BCUT2D eigenvalue weighted by molar-refractivity contribution is 5.76. The Kier molecular flexibility index (Phi) is 5.59. The van der Waals surface area contributed by atoms with Crippen LogP contribution < -0.4 is 0 Å². The summed E-state index contributed by atoms with van der Waals surface area (Å²) in [6, 6.07) is 0. The Morgan fingerprint density at radius 3 is 1.85 bits per heavy atom. The van der Waals surface area contributed by atoms with Crippen LogP contribution in [0.1, 0.15) is 27.2 Å².